The molecule has 2 atom stereocenters. The molecule has 1 aromatic carbocycles. The quantitative estimate of drug-likeness (QED) is 0.482. The van der Waals surface area contributed by atoms with Gasteiger partial charge in [-0.1, -0.05) is 31.4 Å². The summed E-state index contributed by atoms with van der Waals surface area (Å²) in [4.78, 5) is 39.0. The first-order chi connectivity index (χ1) is 13.0. The maximum Gasteiger partial charge on any atom is 0.341 e. The second-order valence-electron chi connectivity index (χ2n) is 7.14. The zero-order chi connectivity index (χ0) is 19.4. The summed E-state index contributed by atoms with van der Waals surface area (Å²) in [7, 11) is 0. The lowest BCUT2D eigenvalue weighted by Crippen LogP contribution is -2.44. The summed E-state index contributed by atoms with van der Waals surface area (Å²) in [6.45, 7) is 1.97. The van der Waals surface area contributed by atoms with Gasteiger partial charge in [0.25, 0.3) is 5.69 Å². The number of carbonyl (C=O) groups excluding carboxylic acids is 2. The molecule has 2 amide bonds. The standard InChI is InChI=1S/C19H23N3O5/c1-12-16(18(23)27-11-13-6-3-2-4-7-13)17(21-19(24)20-12)14-8-5-9-15(10-14)22(25)26/h5,8-10,13,16-17H,2-4,6-7,11H2,1H3,(H,21,24). The van der Waals surface area contributed by atoms with Crippen LogP contribution in [0.1, 0.15) is 50.6 Å². The average molecular weight is 373 g/mol. The molecule has 1 N–H and O–H groups in total. The van der Waals surface area contributed by atoms with E-state index in [1.165, 1.54) is 24.6 Å². The molecule has 27 heavy (non-hydrogen) atoms. The Morgan fingerprint density at radius 3 is 2.78 bits per heavy atom. The van der Waals surface area contributed by atoms with Gasteiger partial charge < -0.3 is 10.1 Å². The molecular formula is C19H23N3O5. The summed E-state index contributed by atoms with van der Waals surface area (Å²) in [6.07, 6.45) is 5.63. The molecule has 2 aliphatic rings. The van der Waals surface area contributed by atoms with Crippen molar-refractivity contribution in [3.8, 4) is 0 Å². The topological polar surface area (TPSA) is 111 Å². The predicted molar refractivity (Wildman–Crippen MR) is 98.5 cm³/mol. The van der Waals surface area contributed by atoms with Gasteiger partial charge in [0.2, 0.25) is 0 Å². The molecular weight excluding hydrogens is 350 g/mol. The summed E-state index contributed by atoms with van der Waals surface area (Å²) >= 11 is 0. The van der Waals surface area contributed by atoms with Crippen LogP contribution in [0.2, 0.25) is 0 Å². The first-order valence-electron chi connectivity index (χ1n) is 9.22. The molecule has 1 fully saturated rings. The number of urea groups is 1. The number of hydrogen-bond donors (Lipinski definition) is 1. The number of esters is 1. The van der Waals surface area contributed by atoms with Crippen molar-refractivity contribution < 1.29 is 19.2 Å². The van der Waals surface area contributed by atoms with E-state index in [4.69, 9.17) is 4.74 Å². The smallest absolute Gasteiger partial charge is 0.341 e. The van der Waals surface area contributed by atoms with E-state index < -0.39 is 28.9 Å². The van der Waals surface area contributed by atoms with Gasteiger partial charge in [-0.25, -0.2) is 9.79 Å². The van der Waals surface area contributed by atoms with Crippen LogP contribution in [-0.2, 0) is 9.53 Å². The number of benzene rings is 1. The Bertz CT molecular complexity index is 770. The average Bonchev–Trinajstić information content (AvgIpc) is 2.66. The Balaban J connectivity index is 1.79. The van der Waals surface area contributed by atoms with Crippen LogP contribution < -0.4 is 5.32 Å². The van der Waals surface area contributed by atoms with Gasteiger partial charge in [0.1, 0.15) is 5.92 Å². The monoisotopic (exact) mass is 373 g/mol. The van der Waals surface area contributed by atoms with Crippen molar-refractivity contribution in [1.29, 1.82) is 0 Å². The molecule has 0 bridgehead atoms. The van der Waals surface area contributed by atoms with Crippen LogP contribution in [0, 0.1) is 22.0 Å². The van der Waals surface area contributed by atoms with E-state index in [2.05, 4.69) is 10.3 Å². The number of hydrogen-bond acceptors (Lipinski definition) is 5. The third-order valence-electron chi connectivity index (χ3n) is 5.22. The zero-order valence-corrected chi connectivity index (χ0v) is 15.2. The number of amides is 2. The molecule has 144 valence electrons. The van der Waals surface area contributed by atoms with E-state index >= 15 is 0 Å². The summed E-state index contributed by atoms with van der Waals surface area (Å²) in [6, 6.07) is 4.61. The van der Waals surface area contributed by atoms with E-state index in [1.807, 2.05) is 0 Å². The van der Waals surface area contributed by atoms with E-state index in [-0.39, 0.29) is 5.69 Å². The SMILES string of the molecule is CC1=NC(=O)NC(c2cccc([N+](=O)[O-])c2)C1C(=O)OCC1CCCCC1. The lowest BCUT2D eigenvalue weighted by atomic mass is 9.87. The van der Waals surface area contributed by atoms with Crippen LogP contribution in [0.25, 0.3) is 0 Å². The molecule has 8 heteroatoms. The minimum Gasteiger partial charge on any atom is -0.465 e. The highest BCUT2D eigenvalue weighted by Gasteiger charge is 2.38. The predicted octanol–water partition coefficient (Wildman–Crippen LogP) is 3.56. The fraction of sp³-hybridized carbons (Fsp3) is 0.526. The normalized spacial score (nSPS) is 23.3. The number of rotatable bonds is 5. The molecule has 2 unspecified atom stereocenters. The number of aliphatic imine (C=N–C) groups is 1. The minimum absolute atomic E-state index is 0.101. The molecule has 1 heterocycles. The Hall–Kier alpha value is -2.77. The second kappa shape index (κ2) is 8.28. The fourth-order valence-electron chi connectivity index (χ4n) is 3.78. The lowest BCUT2D eigenvalue weighted by molar-refractivity contribution is -0.384. The lowest BCUT2D eigenvalue weighted by Gasteiger charge is -2.30. The van der Waals surface area contributed by atoms with Crippen molar-refractivity contribution in [1.82, 2.24) is 5.32 Å². The molecule has 0 radical (unpaired) electrons. The third kappa shape index (κ3) is 4.50. The van der Waals surface area contributed by atoms with Gasteiger partial charge in [0.05, 0.1) is 17.6 Å². The van der Waals surface area contributed by atoms with Crippen LogP contribution in [0.5, 0.6) is 0 Å². The largest absolute Gasteiger partial charge is 0.465 e. The van der Waals surface area contributed by atoms with Crippen molar-refractivity contribution >= 4 is 23.4 Å². The highest BCUT2D eigenvalue weighted by molar-refractivity contribution is 6.08. The molecule has 1 aliphatic heterocycles. The van der Waals surface area contributed by atoms with Crippen LogP contribution >= 0.6 is 0 Å². The van der Waals surface area contributed by atoms with Gasteiger partial charge in [-0.15, -0.1) is 0 Å². The van der Waals surface area contributed by atoms with Crippen LogP contribution in [0.3, 0.4) is 0 Å². The molecule has 0 saturated heterocycles. The Labute approximate surface area is 157 Å². The summed E-state index contributed by atoms with van der Waals surface area (Å²) in [5.74, 6) is -0.888. The van der Waals surface area contributed by atoms with Crippen molar-refractivity contribution in [2.24, 2.45) is 16.8 Å². The Morgan fingerprint density at radius 2 is 2.07 bits per heavy atom. The highest BCUT2D eigenvalue weighted by Crippen LogP contribution is 2.31. The van der Waals surface area contributed by atoms with Crippen LogP contribution in [0.15, 0.2) is 29.3 Å². The molecule has 8 nitrogen and oxygen atoms in total. The van der Waals surface area contributed by atoms with E-state index in [0.29, 0.717) is 23.8 Å². The number of nitrogens with one attached hydrogen (secondary N) is 1. The van der Waals surface area contributed by atoms with Gasteiger partial charge >= 0.3 is 12.0 Å². The van der Waals surface area contributed by atoms with E-state index in [9.17, 15) is 19.7 Å². The Kier molecular flexibility index (Phi) is 5.83. The van der Waals surface area contributed by atoms with E-state index in [0.717, 1.165) is 25.7 Å². The summed E-state index contributed by atoms with van der Waals surface area (Å²) in [5, 5.41) is 13.7. The first-order valence-corrected chi connectivity index (χ1v) is 9.22. The van der Waals surface area contributed by atoms with Gasteiger partial charge in [0.15, 0.2) is 0 Å². The molecule has 0 spiro atoms. The maximum atomic E-state index is 12.8. The van der Waals surface area contributed by atoms with Crippen molar-refractivity contribution in [3.05, 3.63) is 39.9 Å². The first kappa shape index (κ1) is 19.0. The van der Waals surface area contributed by atoms with Crippen molar-refractivity contribution in [3.63, 3.8) is 0 Å². The summed E-state index contributed by atoms with van der Waals surface area (Å²) < 4.78 is 5.55. The molecule has 1 aromatic rings. The molecule has 3 rings (SSSR count). The highest BCUT2D eigenvalue weighted by atomic mass is 16.6. The van der Waals surface area contributed by atoms with Crippen LogP contribution in [0.4, 0.5) is 10.5 Å². The number of ether oxygens (including phenoxy) is 1. The van der Waals surface area contributed by atoms with Crippen molar-refractivity contribution in [2.45, 2.75) is 45.1 Å². The van der Waals surface area contributed by atoms with E-state index in [1.54, 1.807) is 13.0 Å². The van der Waals surface area contributed by atoms with Gasteiger partial charge in [-0.05, 0) is 31.2 Å². The number of carbonyl (C=O) groups is 2. The zero-order valence-electron chi connectivity index (χ0n) is 15.2. The number of non-ortho nitro benzene ring substituents is 1. The fourth-order valence-corrected chi connectivity index (χ4v) is 3.78. The molecule has 1 saturated carbocycles. The maximum absolute atomic E-state index is 12.8. The van der Waals surface area contributed by atoms with Gasteiger partial charge in [-0.2, -0.15) is 0 Å². The minimum atomic E-state index is -0.798. The third-order valence-corrected chi connectivity index (χ3v) is 5.22. The molecule has 1 aliphatic carbocycles. The second-order valence-corrected chi connectivity index (χ2v) is 7.14. The summed E-state index contributed by atoms with van der Waals surface area (Å²) in [5.41, 5.74) is 0.728. The van der Waals surface area contributed by atoms with Gasteiger partial charge in [-0.3, -0.25) is 14.9 Å². The number of nitrogens with zero attached hydrogens (tertiary/aromatic N) is 2. The number of nitro groups is 1. The number of nitro benzene ring substituents is 1. The van der Waals surface area contributed by atoms with Gasteiger partial charge in [0, 0.05) is 17.8 Å². The van der Waals surface area contributed by atoms with Crippen LogP contribution in [-0.4, -0.2) is 29.2 Å². The Morgan fingerprint density at radius 1 is 1.33 bits per heavy atom. The molecule has 0 aromatic heterocycles. The van der Waals surface area contributed by atoms with Crippen molar-refractivity contribution in [2.75, 3.05) is 6.61 Å².